The maximum Gasteiger partial charge on any atom is 0.133 e. The first-order chi connectivity index (χ1) is 6.72. The zero-order valence-corrected chi connectivity index (χ0v) is 9.12. The van der Waals surface area contributed by atoms with E-state index in [4.69, 9.17) is 4.74 Å². The molecule has 0 aromatic heterocycles. The van der Waals surface area contributed by atoms with E-state index in [1.54, 1.807) is 6.21 Å². The van der Waals surface area contributed by atoms with Crippen molar-refractivity contribution in [3.05, 3.63) is 24.1 Å². The van der Waals surface area contributed by atoms with Crippen molar-refractivity contribution in [2.75, 3.05) is 6.61 Å². The van der Waals surface area contributed by atoms with Gasteiger partial charge in [-0.1, -0.05) is 19.4 Å². The molecule has 1 rings (SSSR count). The van der Waals surface area contributed by atoms with E-state index in [-0.39, 0.29) is 0 Å². The van der Waals surface area contributed by atoms with Gasteiger partial charge < -0.3 is 4.74 Å². The highest BCUT2D eigenvalue weighted by atomic mass is 16.5. The molecule has 14 heavy (non-hydrogen) atoms. The first kappa shape index (κ1) is 11.0. The Morgan fingerprint density at radius 1 is 1.57 bits per heavy atom. The molecule has 0 bridgehead atoms. The number of hydrogen-bond acceptors (Lipinski definition) is 2. The molecule has 0 aliphatic heterocycles. The van der Waals surface area contributed by atoms with Gasteiger partial charge in [0, 0.05) is 5.70 Å². The summed E-state index contributed by atoms with van der Waals surface area (Å²) in [5.41, 5.74) is 0.801. The van der Waals surface area contributed by atoms with Crippen LogP contribution in [0.4, 0.5) is 0 Å². The van der Waals surface area contributed by atoms with Gasteiger partial charge in [0.05, 0.1) is 12.8 Å². The van der Waals surface area contributed by atoms with Crippen LogP contribution in [0.5, 0.6) is 0 Å². The van der Waals surface area contributed by atoms with Gasteiger partial charge in [-0.15, -0.1) is 0 Å². The molecule has 0 aromatic rings. The van der Waals surface area contributed by atoms with E-state index >= 15 is 0 Å². The van der Waals surface area contributed by atoms with Gasteiger partial charge in [0.15, 0.2) is 0 Å². The average molecular weight is 193 g/mol. The van der Waals surface area contributed by atoms with Gasteiger partial charge in [-0.3, -0.25) is 4.99 Å². The predicted octanol–water partition coefficient (Wildman–Crippen LogP) is 3.31. The largest absolute Gasteiger partial charge is 0.492 e. The van der Waals surface area contributed by atoms with E-state index in [0.717, 1.165) is 24.0 Å². The summed E-state index contributed by atoms with van der Waals surface area (Å²) >= 11 is 0. The van der Waals surface area contributed by atoms with Crippen LogP contribution in [0.1, 0.15) is 33.1 Å². The molecule has 1 saturated carbocycles. The number of ether oxygens (including phenoxy) is 1. The fourth-order valence-corrected chi connectivity index (χ4v) is 1.12. The monoisotopic (exact) mass is 193 g/mol. The summed E-state index contributed by atoms with van der Waals surface area (Å²) < 4.78 is 5.56. The minimum atomic E-state index is 0.801. The molecule has 0 N–H and O–H groups in total. The molecule has 0 heterocycles. The summed E-state index contributed by atoms with van der Waals surface area (Å²) in [7, 11) is 0. The third-order valence-corrected chi connectivity index (χ3v) is 2.19. The Hall–Kier alpha value is -1.05. The third-order valence-electron chi connectivity index (χ3n) is 2.19. The number of aliphatic imine (C=N–C) groups is 1. The quantitative estimate of drug-likeness (QED) is 0.468. The molecule has 78 valence electrons. The second-order valence-corrected chi connectivity index (χ2v) is 3.77. The first-order valence-electron chi connectivity index (χ1n) is 5.21. The normalized spacial score (nSPS) is 17.4. The van der Waals surface area contributed by atoms with Crippen LogP contribution in [0.15, 0.2) is 29.1 Å². The molecule has 2 nitrogen and oxygen atoms in total. The lowest BCUT2D eigenvalue weighted by Gasteiger charge is -2.04. The topological polar surface area (TPSA) is 21.6 Å². The van der Waals surface area contributed by atoms with E-state index in [1.165, 1.54) is 19.3 Å². The summed E-state index contributed by atoms with van der Waals surface area (Å²) in [5, 5.41) is 0. The molecule has 2 heteroatoms. The van der Waals surface area contributed by atoms with Crippen LogP contribution in [-0.2, 0) is 4.74 Å². The van der Waals surface area contributed by atoms with E-state index in [9.17, 15) is 0 Å². The lowest BCUT2D eigenvalue weighted by molar-refractivity contribution is 0.222. The van der Waals surface area contributed by atoms with Crippen molar-refractivity contribution in [1.82, 2.24) is 0 Å². The zero-order chi connectivity index (χ0) is 10.4. The molecule has 0 amide bonds. The van der Waals surface area contributed by atoms with E-state index in [0.29, 0.717) is 0 Å². The van der Waals surface area contributed by atoms with Gasteiger partial charge in [-0.2, -0.15) is 0 Å². The van der Waals surface area contributed by atoms with Crippen LogP contribution in [-0.4, -0.2) is 12.8 Å². The maximum atomic E-state index is 5.56. The Morgan fingerprint density at radius 2 is 2.29 bits per heavy atom. The molecule has 1 aliphatic rings. The third kappa shape index (κ3) is 4.85. The van der Waals surface area contributed by atoms with Gasteiger partial charge in [-0.05, 0) is 32.3 Å². The van der Waals surface area contributed by atoms with Crippen molar-refractivity contribution in [3.8, 4) is 0 Å². The summed E-state index contributed by atoms with van der Waals surface area (Å²) in [6, 6.07) is 0. The molecule has 0 aromatic carbocycles. The van der Waals surface area contributed by atoms with E-state index in [1.807, 2.05) is 19.9 Å². The maximum absolute atomic E-state index is 5.56. The zero-order valence-electron chi connectivity index (χ0n) is 9.12. The number of hydrogen-bond donors (Lipinski definition) is 0. The molecular formula is C12H19NO. The standard InChI is InChI=1S/C12H19NO/c1-4-12(9-13-10(2)3)14-8-7-11-5-6-11/h4,9,11H,2,5-8H2,1,3H3/b12-4+,13-9-. The molecule has 1 fully saturated rings. The number of nitrogens with zero attached hydrogens (tertiary/aromatic N) is 1. The highest BCUT2D eigenvalue weighted by Crippen LogP contribution is 2.32. The van der Waals surface area contributed by atoms with Crippen LogP contribution < -0.4 is 0 Å². The molecule has 0 atom stereocenters. The number of allylic oxidation sites excluding steroid dienone is 3. The van der Waals surface area contributed by atoms with Crippen molar-refractivity contribution in [3.63, 3.8) is 0 Å². The minimum absolute atomic E-state index is 0.801. The average Bonchev–Trinajstić information content (AvgIpc) is 2.94. The van der Waals surface area contributed by atoms with E-state index < -0.39 is 0 Å². The van der Waals surface area contributed by atoms with Crippen LogP contribution in [0, 0.1) is 5.92 Å². The Balaban J connectivity index is 2.20. The predicted molar refractivity (Wildman–Crippen MR) is 60.4 cm³/mol. The van der Waals surface area contributed by atoms with Gasteiger partial charge in [0.2, 0.25) is 0 Å². The smallest absolute Gasteiger partial charge is 0.133 e. The van der Waals surface area contributed by atoms with Crippen LogP contribution in [0.3, 0.4) is 0 Å². The Bertz CT molecular complexity index is 249. The van der Waals surface area contributed by atoms with Gasteiger partial charge >= 0.3 is 0 Å². The molecule has 0 radical (unpaired) electrons. The van der Waals surface area contributed by atoms with Crippen LogP contribution >= 0.6 is 0 Å². The molecule has 0 spiro atoms. The van der Waals surface area contributed by atoms with Crippen molar-refractivity contribution in [2.45, 2.75) is 33.1 Å². The Labute approximate surface area is 86.4 Å². The summed E-state index contributed by atoms with van der Waals surface area (Å²) in [5.74, 6) is 1.76. The van der Waals surface area contributed by atoms with E-state index in [2.05, 4.69) is 11.6 Å². The van der Waals surface area contributed by atoms with Crippen molar-refractivity contribution >= 4 is 6.21 Å². The van der Waals surface area contributed by atoms with Crippen molar-refractivity contribution < 1.29 is 4.74 Å². The number of rotatable bonds is 6. The molecule has 0 saturated heterocycles. The van der Waals surface area contributed by atoms with Gasteiger partial charge in [0.25, 0.3) is 0 Å². The van der Waals surface area contributed by atoms with Crippen LogP contribution in [0.2, 0.25) is 0 Å². The SMILES string of the molecule is C=C(C)/N=C\C(=C/C)OCCC1CC1. The summed E-state index contributed by atoms with van der Waals surface area (Å²) in [4.78, 5) is 4.10. The second kappa shape index (κ2) is 5.63. The fraction of sp³-hybridized carbons (Fsp3) is 0.583. The highest BCUT2D eigenvalue weighted by molar-refractivity contribution is 5.76. The van der Waals surface area contributed by atoms with Gasteiger partial charge in [0.1, 0.15) is 5.76 Å². The lowest BCUT2D eigenvalue weighted by Crippen LogP contribution is -1.97. The fourth-order valence-electron chi connectivity index (χ4n) is 1.12. The summed E-state index contributed by atoms with van der Waals surface area (Å²) in [6.07, 6.45) is 7.61. The Morgan fingerprint density at radius 3 is 2.79 bits per heavy atom. The van der Waals surface area contributed by atoms with Crippen molar-refractivity contribution in [2.24, 2.45) is 10.9 Å². The van der Waals surface area contributed by atoms with Crippen LogP contribution in [0.25, 0.3) is 0 Å². The highest BCUT2D eigenvalue weighted by Gasteiger charge is 2.20. The lowest BCUT2D eigenvalue weighted by atomic mass is 10.3. The van der Waals surface area contributed by atoms with Crippen molar-refractivity contribution in [1.29, 1.82) is 0 Å². The molecule has 1 aliphatic carbocycles. The van der Waals surface area contributed by atoms with Gasteiger partial charge in [-0.25, -0.2) is 0 Å². The summed E-state index contributed by atoms with van der Waals surface area (Å²) in [6.45, 7) is 8.34. The molecular weight excluding hydrogens is 174 g/mol. The molecule has 0 unspecified atom stereocenters. The first-order valence-corrected chi connectivity index (χ1v) is 5.21. The minimum Gasteiger partial charge on any atom is -0.492 e. The Kier molecular flexibility index (Phi) is 4.44. The second-order valence-electron chi connectivity index (χ2n) is 3.77.